The quantitative estimate of drug-likeness (QED) is 0.673. The summed E-state index contributed by atoms with van der Waals surface area (Å²) in [5.41, 5.74) is 0. The van der Waals surface area contributed by atoms with Crippen molar-refractivity contribution in [3.63, 3.8) is 0 Å². The second-order valence-corrected chi connectivity index (χ2v) is 6.55. The molecule has 8 heteroatoms. The third-order valence-electron chi connectivity index (χ3n) is 4.61. The largest absolute Gasteiger partial charge is 0.484 e. The van der Waals surface area contributed by atoms with Crippen LogP contribution in [0.4, 0.5) is 5.82 Å². The zero-order valence-corrected chi connectivity index (χ0v) is 15.7. The summed E-state index contributed by atoms with van der Waals surface area (Å²) in [7, 11) is 0. The number of aromatic nitrogens is 4. The number of benzene rings is 1. The van der Waals surface area contributed by atoms with E-state index in [-0.39, 0.29) is 12.5 Å². The Labute approximate surface area is 163 Å². The molecule has 0 bridgehead atoms. The van der Waals surface area contributed by atoms with Gasteiger partial charge in [-0.2, -0.15) is 5.10 Å². The van der Waals surface area contributed by atoms with Crippen LogP contribution >= 0.6 is 0 Å². The molecule has 0 saturated carbocycles. The van der Waals surface area contributed by atoms with Gasteiger partial charge in [-0.15, -0.1) is 0 Å². The number of nitrogens with zero attached hydrogens (tertiary/aromatic N) is 6. The van der Waals surface area contributed by atoms with Crippen molar-refractivity contribution in [2.75, 3.05) is 37.7 Å². The predicted octanol–water partition coefficient (Wildman–Crippen LogP) is 1.70. The molecule has 3 heterocycles. The van der Waals surface area contributed by atoms with E-state index in [1.54, 1.807) is 10.9 Å². The van der Waals surface area contributed by atoms with Crippen LogP contribution < -0.4 is 9.64 Å². The highest BCUT2D eigenvalue weighted by Gasteiger charge is 2.23. The fourth-order valence-corrected chi connectivity index (χ4v) is 3.16. The van der Waals surface area contributed by atoms with Gasteiger partial charge in [-0.25, -0.2) is 14.6 Å². The van der Waals surface area contributed by atoms with Crippen LogP contribution in [0.1, 0.15) is 5.82 Å². The number of hydrogen-bond donors (Lipinski definition) is 0. The monoisotopic (exact) mass is 378 g/mol. The molecule has 1 saturated heterocycles. The fourth-order valence-electron chi connectivity index (χ4n) is 3.16. The zero-order chi connectivity index (χ0) is 19.3. The smallest absolute Gasteiger partial charge is 0.260 e. The third kappa shape index (κ3) is 4.11. The third-order valence-corrected chi connectivity index (χ3v) is 4.61. The van der Waals surface area contributed by atoms with Crippen LogP contribution in [-0.2, 0) is 4.79 Å². The van der Waals surface area contributed by atoms with E-state index >= 15 is 0 Å². The second kappa shape index (κ2) is 8.08. The summed E-state index contributed by atoms with van der Waals surface area (Å²) >= 11 is 0. The van der Waals surface area contributed by atoms with E-state index < -0.39 is 0 Å². The molecular formula is C20H22N6O2. The van der Waals surface area contributed by atoms with E-state index in [9.17, 15) is 4.79 Å². The molecule has 1 aromatic carbocycles. The lowest BCUT2D eigenvalue weighted by molar-refractivity contribution is -0.133. The first-order chi connectivity index (χ1) is 13.7. The van der Waals surface area contributed by atoms with E-state index in [2.05, 4.69) is 20.0 Å². The number of aryl methyl sites for hydroxylation is 1. The number of rotatable bonds is 5. The zero-order valence-electron chi connectivity index (χ0n) is 15.7. The molecule has 0 atom stereocenters. The lowest BCUT2D eigenvalue weighted by atomic mass is 10.3. The van der Waals surface area contributed by atoms with Gasteiger partial charge >= 0.3 is 0 Å². The Kier molecular flexibility index (Phi) is 5.18. The van der Waals surface area contributed by atoms with Gasteiger partial charge in [0.15, 0.2) is 12.4 Å². The van der Waals surface area contributed by atoms with E-state index in [1.807, 2.05) is 60.5 Å². The van der Waals surface area contributed by atoms with Crippen molar-refractivity contribution in [2.24, 2.45) is 0 Å². The van der Waals surface area contributed by atoms with Crippen LogP contribution in [0.2, 0.25) is 0 Å². The van der Waals surface area contributed by atoms with E-state index in [4.69, 9.17) is 4.74 Å². The Morgan fingerprint density at radius 1 is 1.04 bits per heavy atom. The first-order valence-corrected chi connectivity index (χ1v) is 9.25. The lowest BCUT2D eigenvalue weighted by Crippen LogP contribution is -2.50. The standard InChI is InChI=1S/C20H22N6O2/c1-16-22-18(14-19(23-16)26-9-5-8-21-26)24-10-12-25(13-11-24)20(27)15-28-17-6-3-2-4-7-17/h2-9,14H,10-13,15H2,1H3. The molecule has 28 heavy (non-hydrogen) atoms. The average Bonchev–Trinajstić information content (AvgIpc) is 3.27. The molecule has 144 valence electrons. The molecule has 4 rings (SSSR count). The summed E-state index contributed by atoms with van der Waals surface area (Å²) in [6.45, 7) is 4.63. The number of amides is 1. The van der Waals surface area contributed by atoms with Crippen LogP contribution in [-0.4, -0.2) is 63.3 Å². The molecule has 0 unspecified atom stereocenters. The number of anilines is 1. The highest BCUT2D eigenvalue weighted by Crippen LogP contribution is 2.17. The molecule has 1 fully saturated rings. The number of ether oxygens (including phenoxy) is 1. The van der Waals surface area contributed by atoms with Crippen LogP contribution in [0, 0.1) is 6.92 Å². The van der Waals surface area contributed by atoms with Crippen molar-refractivity contribution in [1.29, 1.82) is 0 Å². The average molecular weight is 378 g/mol. The van der Waals surface area contributed by atoms with Crippen molar-refractivity contribution >= 4 is 11.7 Å². The number of para-hydroxylation sites is 1. The maximum Gasteiger partial charge on any atom is 0.260 e. The van der Waals surface area contributed by atoms with Crippen LogP contribution in [0.3, 0.4) is 0 Å². The molecule has 0 radical (unpaired) electrons. The Morgan fingerprint density at radius 3 is 2.50 bits per heavy atom. The molecule has 1 aliphatic heterocycles. The van der Waals surface area contributed by atoms with Crippen molar-refractivity contribution in [2.45, 2.75) is 6.92 Å². The van der Waals surface area contributed by atoms with Crippen molar-refractivity contribution < 1.29 is 9.53 Å². The normalized spacial score (nSPS) is 14.2. The van der Waals surface area contributed by atoms with Gasteiger partial charge in [0.1, 0.15) is 17.4 Å². The van der Waals surface area contributed by atoms with Crippen LogP contribution in [0.25, 0.3) is 5.82 Å². The number of carbonyl (C=O) groups is 1. The minimum Gasteiger partial charge on any atom is -0.484 e. The van der Waals surface area contributed by atoms with Gasteiger partial charge in [-0.05, 0) is 25.1 Å². The Balaban J connectivity index is 1.36. The first-order valence-electron chi connectivity index (χ1n) is 9.25. The fraction of sp³-hybridized carbons (Fsp3) is 0.300. The molecule has 0 spiro atoms. The second-order valence-electron chi connectivity index (χ2n) is 6.55. The minimum atomic E-state index is -0.000369. The van der Waals surface area contributed by atoms with Gasteiger partial charge in [0.25, 0.3) is 5.91 Å². The Hall–Kier alpha value is -3.42. The topological polar surface area (TPSA) is 76.4 Å². The van der Waals surface area contributed by atoms with Crippen molar-refractivity contribution in [1.82, 2.24) is 24.6 Å². The molecule has 0 N–H and O–H groups in total. The van der Waals surface area contributed by atoms with Gasteiger partial charge in [0, 0.05) is 44.6 Å². The van der Waals surface area contributed by atoms with Gasteiger partial charge < -0.3 is 14.5 Å². The molecule has 2 aromatic heterocycles. The highest BCUT2D eigenvalue weighted by atomic mass is 16.5. The number of piperazine rings is 1. The molecule has 0 aliphatic carbocycles. The Bertz CT molecular complexity index is 921. The SMILES string of the molecule is Cc1nc(N2CCN(C(=O)COc3ccccc3)CC2)cc(-n2cccn2)n1. The molecule has 3 aromatic rings. The van der Waals surface area contributed by atoms with E-state index in [1.165, 1.54) is 0 Å². The van der Waals surface area contributed by atoms with Crippen LogP contribution in [0.5, 0.6) is 5.75 Å². The summed E-state index contributed by atoms with van der Waals surface area (Å²) in [6.07, 6.45) is 3.58. The first kappa shape index (κ1) is 18.0. The number of carbonyl (C=O) groups excluding carboxylic acids is 1. The van der Waals surface area contributed by atoms with E-state index in [0.29, 0.717) is 37.8 Å². The number of hydrogen-bond acceptors (Lipinski definition) is 6. The van der Waals surface area contributed by atoms with Gasteiger partial charge in [0.2, 0.25) is 0 Å². The summed E-state index contributed by atoms with van der Waals surface area (Å²) in [5.74, 6) is 2.99. The maximum absolute atomic E-state index is 12.4. The van der Waals surface area contributed by atoms with Gasteiger partial charge in [0.05, 0.1) is 0 Å². The highest BCUT2D eigenvalue weighted by molar-refractivity contribution is 5.78. The maximum atomic E-state index is 12.4. The van der Waals surface area contributed by atoms with Gasteiger partial charge in [-0.3, -0.25) is 4.79 Å². The minimum absolute atomic E-state index is 0.000369. The van der Waals surface area contributed by atoms with Crippen molar-refractivity contribution in [3.8, 4) is 11.6 Å². The van der Waals surface area contributed by atoms with Gasteiger partial charge in [-0.1, -0.05) is 18.2 Å². The summed E-state index contributed by atoms with van der Waals surface area (Å²) < 4.78 is 7.29. The van der Waals surface area contributed by atoms with Crippen LogP contribution in [0.15, 0.2) is 54.9 Å². The molecule has 8 nitrogen and oxygen atoms in total. The molecule has 1 aliphatic rings. The lowest BCUT2D eigenvalue weighted by Gasteiger charge is -2.35. The molecule has 1 amide bonds. The summed E-state index contributed by atoms with van der Waals surface area (Å²) in [6, 6.07) is 13.2. The van der Waals surface area contributed by atoms with E-state index in [0.717, 1.165) is 11.6 Å². The molecular weight excluding hydrogens is 356 g/mol. The summed E-state index contributed by atoms with van der Waals surface area (Å²) in [5, 5.41) is 4.24. The predicted molar refractivity (Wildman–Crippen MR) is 105 cm³/mol. The Morgan fingerprint density at radius 2 is 1.79 bits per heavy atom. The summed E-state index contributed by atoms with van der Waals surface area (Å²) in [4.78, 5) is 25.4. The van der Waals surface area contributed by atoms with Crippen molar-refractivity contribution in [3.05, 3.63) is 60.7 Å².